The molecule has 1 aromatic heterocycles. The van der Waals surface area contributed by atoms with E-state index in [2.05, 4.69) is 26.0 Å². The normalized spacial score (nSPS) is 29.4. The molecule has 6 heteroatoms. The molecule has 4 rings (SSSR count). The first-order valence-electron chi connectivity index (χ1n) is 9.54. The van der Waals surface area contributed by atoms with Gasteiger partial charge in [-0.3, -0.25) is 14.5 Å². The van der Waals surface area contributed by atoms with Crippen LogP contribution in [0.1, 0.15) is 24.8 Å². The van der Waals surface area contributed by atoms with Crippen LogP contribution in [0.25, 0.3) is 0 Å². The molecule has 3 aliphatic heterocycles. The van der Waals surface area contributed by atoms with Crippen molar-refractivity contribution in [2.24, 2.45) is 7.05 Å². The lowest BCUT2D eigenvalue weighted by molar-refractivity contribution is 0.0456. The van der Waals surface area contributed by atoms with Crippen LogP contribution in [-0.4, -0.2) is 89.0 Å². The minimum atomic E-state index is 0.441. The van der Waals surface area contributed by atoms with Gasteiger partial charge < -0.3 is 9.64 Å². The van der Waals surface area contributed by atoms with Gasteiger partial charge in [-0.05, 0) is 32.4 Å². The zero-order valence-electron chi connectivity index (χ0n) is 14.9. The van der Waals surface area contributed by atoms with Crippen molar-refractivity contribution in [1.29, 1.82) is 0 Å². The molecule has 0 aromatic carbocycles. The Morgan fingerprint density at radius 3 is 2.79 bits per heavy atom. The lowest BCUT2D eigenvalue weighted by atomic mass is 10.1. The number of piperazine rings is 1. The molecule has 0 aliphatic carbocycles. The fourth-order valence-corrected chi connectivity index (χ4v) is 4.49. The largest absolute Gasteiger partial charge is 0.375 e. The average Bonchev–Trinajstić information content (AvgIpc) is 3.28. The van der Waals surface area contributed by atoms with E-state index in [0.717, 1.165) is 32.8 Å². The van der Waals surface area contributed by atoms with Crippen molar-refractivity contribution >= 4 is 0 Å². The van der Waals surface area contributed by atoms with Crippen molar-refractivity contribution in [3.05, 3.63) is 18.0 Å². The van der Waals surface area contributed by atoms with E-state index in [1.54, 1.807) is 0 Å². The molecule has 0 unspecified atom stereocenters. The van der Waals surface area contributed by atoms with Gasteiger partial charge >= 0.3 is 0 Å². The van der Waals surface area contributed by atoms with E-state index in [1.165, 1.54) is 51.0 Å². The number of nitrogens with zero attached hydrogens (tertiary/aromatic N) is 5. The highest BCUT2D eigenvalue weighted by Gasteiger charge is 2.36. The van der Waals surface area contributed by atoms with Crippen LogP contribution in [0.4, 0.5) is 0 Å². The number of hydrogen-bond donors (Lipinski definition) is 0. The third-order valence-electron chi connectivity index (χ3n) is 5.79. The molecule has 6 nitrogen and oxygen atoms in total. The first-order chi connectivity index (χ1) is 11.8. The number of fused-ring (bicyclic) bond motifs is 1. The highest BCUT2D eigenvalue weighted by atomic mass is 16.5. The number of ether oxygens (including phenoxy) is 1. The Bertz CT molecular complexity index is 527. The third kappa shape index (κ3) is 3.99. The van der Waals surface area contributed by atoms with Crippen LogP contribution in [0.2, 0.25) is 0 Å². The van der Waals surface area contributed by atoms with E-state index in [4.69, 9.17) is 4.74 Å². The standard InChI is InChI=1S/C18H31N5O/c1-20-12-16(11-19-20)13-22-6-7-23-15-18(10-17(23)14-22)24-9-8-21-4-2-3-5-21/h11-12,17-18H,2-10,13-15H2,1H3/t17-,18+/m0/s1. The van der Waals surface area contributed by atoms with Crippen LogP contribution in [0.15, 0.2) is 12.4 Å². The smallest absolute Gasteiger partial charge is 0.0718 e. The van der Waals surface area contributed by atoms with E-state index >= 15 is 0 Å². The Hall–Kier alpha value is -0.950. The van der Waals surface area contributed by atoms with Gasteiger partial charge in [-0.2, -0.15) is 5.10 Å². The molecule has 24 heavy (non-hydrogen) atoms. The SMILES string of the molecule is Cn1cc(CN2CCN3C[C@H](OCCN4CCCC4)C[C@H]3C2)cn1. The summed E-state index contributed by atoms with van der Waals surface area (Å²) < 4.78 is 8.09. The first-order valence-corrected chi connectivity index (χ1v) is 9.54. The molecule has 134 valence electrons. The number of hydrogen-bond acceptors (Lipinski definition) is 5. The van der Waals surface area contributed by atoms with E-state index < -0.39 is 0 Å². The predicted octanol–water partition coefficient (Wildman–Crippen LogP) is 0.791. The van der Waals surface area contributed by atoms with Gasteiger partial charge in [0.1, 0.15) is 0 Å². The molecule has 3 saturated heterocycles. The second kappa shape index (κ2) is 7.52. The van der Waals surface area contributed by atoms with E-state index in [1.807, 2.05) is 17.9 Å². The molecule has 0 bridgehead atoms. The van der Waals surface area contributed by atoms with Crippen LogP contribution in [0, 0.1) is 0 Å². The third-order valence-corrected chi connectivity index (χ3v) is 5.79. The van der Waals surface area contributed by atoms with Gasteiger partial charge in [-0.15, -0.1) is 0 Å². The summed E-state index contributed by atoms with van der Waals surface area (Å²) in [7, 11) is 1.99. The van der Waals surface area contributed by atoms with Crippen LogP contribution < -0.4 is 0 Å². The Labute approximate surface area is 145 Å². The van der Waals surface area contributed by atoms with E-state index in [9.17, 15) is 0 Å². The summed E-state index contributed by atoms with van der Waals surface area (Å²) >= 11 is 0. The summed E-state index contributed by atoms with van der Waals surface area (Å²) in [5, 5.41) is 4.28. The van der Waals surface area contributed by atoms with Gasteiger partial charge in [0.05, 0.1) is 18.9 Å². The van der Waals surface area contributed by atoms with Gasteiger partial charge in [-0.1, -0.05) is 0 Å². The van der Waals surface area contributed by atoms with Gasteiger partial charge in [0, 0.05) is 64.1 Å². The van der Waals surface area contributed by atoms with Gasteiger partial charge in [-0.25, -0.2) is 0 Å². The van der Waals surface area contributed by atoms with Crippen LogP contribution in [0.5, 0.6) is 0 Å². The summed E-state index contributed by atoms with van der Waals surface area (Å²) in [6.45, 7) is 10.2. The molecular weight excluding hydrogens is 302 g/mol. The first kappa shape index (κ1) is 16.5. The maximum absolute atomic E-state index is 6.20. The quantitative estimate of drug-likeness (QED) is 0.769. The fourth-order valence-electron chi connectivity index (χ4n) is 4.49. The summed E-state index contributed by atoms with van der Waals surface area (Å²) in [6, 6.07) is 0.673. The van der Waals surface area contributed by atoms with Gasteiger partial charge in [0.25, 0.3) is 0 Å². The number of aryl methyl sites for hydroxylation is 1. The lowest BCUT2D eigenvalue weighted by Crippen LogP contribution is -2.49. The zero-order chi connectivity index (χ0) is 16.4. The molecule has 0 spiro atoms. The van der Waals surface area contributed by atoms with E-state index in [-0.39, 0.29) is 0 Å². The Morgan fingerprint density at radius 1 is 1.12 bits per heavy atom. The molecule has 0 N–H and O–H groups in total. The minimum absolute atomic E-state index is 0.441. The summed E-state index contributed by atoms with van der Waals surface area (Å²) in [4.78, 5) is 7.75. The van der Waals surface area contributed by atoms with Crippen molar-refractivity contribution in [1.82, 2.24) is 24.5 Å². The van der Waals surface area contributed by atoms with Gasteiger partial charge in [0.15, 0.2) is 0 Å². The Kier molecular flexibility index (Phi) is 5.17. The molecule has 4 heterocycles. The summed E-state index contributed by atoms with van der Waals surface area (Å²) in [5.74, 6) is 0. The predicted molar refractivity (Wildman–Crippen MR) is 93.9 cm³/mol. The van der Waals surface area contributed by atoms with Crippen molar-refractivity contribution < 1.29 is 4.74 Å². The molecule has 1 aromatic rings. The minimum Gasteiger partial charge on any atom is -0.375 e. The molecule has 0 radical (unpaired) electrons. The average molecular weight is 333 g/mol. The van der Waals surface area contributed by atoms with Crippen molar-refractivity contribution in [3.8, 4) is 0 Å². The molecule has 0 saturated carbocycles. The molecule has 3 aliphatic rings. The van der Waals surface area contributed by atoms with Gasteiger partial charge in [0.2, 0.25) is 0 Å². The highest BCUT2D eigenvalue weighted by molar-refractivity contribution is 5.04. The van der Waals surface area contributed by atoms with Crippen molar-refractivity contribution in [3.63, 3.8) is 0 Å². The summed E-state index contributed by atoms with van der Waals surface area (Å²) in [6.07, 6.45) is 8.49. The monoisotopic (exact) mass is 333 g/mol. The second-order valence-corrected chi connectivity index (χ2v) is 7.68. The highest BCUT2D eigenvalue weighted by Crippen LogP contribution is 2.25. The van der Waals surface area contributed by atoms with Crippen LogP contribution in [-0.2, 0) is 18.3 Å². The summed E-state index contributed by atoms with van der Waals surface area (Å²) in [5.41, 5.74) is 1.32. The van der Waals surface area contributed by atoms with Crippen LogP contribution in [0.3, 0.4) is 0 Å². The molecular formula is C18H31N5O. The molecule has 2 atom stereocenters. The van der Waals surface area contributed by atoms with Crippen molar-refractivity contribution in [2.45, 2.75) is 38.0 Å². The zero-order valence-corrected chi connectivity index (χ0v) is 14.9. The topological polar surface area (TPSA) is 36.8 Å². The Morgan fingerprint density at radius 2 is 2.00 bits per heavy atom. The number of rotatable bonds is 6. The lowest BCUT2D eigenvalue weighted by Gasteiger charge is -2.37. The number of likely N-dealkylation sites (tertiary alicyclic amines) is 1. The Balaban J connectivity index is 1.20. The molecule has 0 amide bonds. The number of aromatic nitrogens is 2. The van der Waals surface area contributed by atoms with E-state index in [0.29, 0.717) is 12.1 Å². The fraction of sp³-hybridized carbons (Fsp3) is 0.833. The second-order valence-electron chi connectivity index (χ2n) is 7.68. The maximum Gasteiger partial charge on any atom is 0.0718 e. The maximum atomic E-state index is 6.20. The molecule has 3 fully saturated rings. The van der Waals surface area contributed by atoms with Crippen molar-refractivity contribution in [2.75, 3.05) is 52.4 Å². The van der Waals surface area contributed by atoms with Crippen LogP contribution >= 0.6 is 0 Å².